The molecule has 61 heavy (non-hydrogen) atoms. The molecule has 0 N–H and O–H groups in total. The zero-order chi connectivity index (χ0) is 40.5. The minimum atomic E-state index is 0.439. The standard InChI is InChI=1S/C53H34N8/c1-5-17-35(18-6-1)43-32-44(36-19-7-2-8-20-36)56-51(55-43)47-34-48(52-57-45(37-21-9-3-10-22-37)33-46(58-52)38-23-11-4-12-24-38)60-53(59-47)61-49-27-14-13-25-40(49)41-31-39(28-29-50(41)61)42-26-15-16-30-54-42/h1-34H. The summed E-state index contributed by atoms with van der Waals surface area (Å²) in [6, 6.07) is 67.3. The van der Waals surface area contributed by atoms with E-state index in [1.54, 1.807) is 0 Å². The second-order valence-electron chi connectivity index (χ2n) is 14.6. The van der Waals surface area contributed by atoms with Gasteiger partial charge >= 0.3 is 0 Å². The number of hydrogen-bond donors (Lipinski definition) is 0. The third kappa shape index (κ3) is 6.88. The van der Waals surface area contributed by atoms with Gasteiger partial charge in [-0.1, -0.05) is 152 Å². The number of rotatable bonds is 8. The van der Waals surface area contributed by atoms with Crippen molar-refractivity contribution in [3.63, 3.8) is 0 Å². The second kappa shape index (κ2) is 15.4. The molecule has 6 aromatic carbocycles. The van der Waals surface area contributed by atoms with Crippen molar-refractivity contribution in [3.05, 3.63) is 206 Å². The molecule has 11 aromatic rings. The molecule has 8 heteroatoms. The second-order valence-corrected chi connectivity index (χ2v) is 14.6. The van der Waals surface area contributed by atoms with Gasteiger partial charge in [0.25, 0.3) is 0 Å². The van der Waals surface area contributed by atoms with Crippen LogP contribution in [0.4, 0.5) is 0 Å². The molecule has 0 amide bonds. The predicted octanol–water partition coefficient (Wildman–Crippen LogP) is 12.2. The zero-order valence-electron chi connectivity index (χ0n) is 32.7. The van der Waals surface area contributed by atoms with E-state index in [0.717, 1.165) is 78.1 Å². The van der Waals surface area contributed by atoms with E-state index in [2.05, 4.69) is 94.5 Å². The van der Waals surface area contributed by atoms with Gasteiger partial charge in [0.05, 0.1) is 39.5 Å². The third-order valence-corrected chi connectivity index (χ3v) is 10.7. The van der Waals surface area contributed by atoms with Crippen molar-refractivity contribution < 1.29 is 0 Å². The number of para-hydroxylation sites is 1. The summed E-state index contributed by atoms with van der Waals surface area (Å²) in [5.41, 5.74) is 11.8. The Balaban J connectivity index is 1.19. The van der Waals surface area contributed by atoms with E-state index in [1.807, 2.05) is 121 Å². The lowest BCUT2D eigenvalue weighted by Crippen LogP contribution is -2.07. The van der Waals surface area contributed by atoms with Gasteiger partial charge in [0.15, 0.2) is 11.6 Å². The molecule has 11 rings (SSSR count). The first-order valence-corrected chi connectivity index (χ1v) is 20.1. The van der Waals surface area contributed by atoms with Crippen molar-refractivity contribution in [3.8, 4) is 85.3 Å². The van der Waals surface area contributed by atoms with Crippen molar-refractivity contribution in [2.24, 2.45) is 0 Å². The topological polar surface area (TPSA) is 95.2 Å². The van der Waals surface area contributed by atoms with Crippen LogP contribution in [-0.4, -0.2) is 39.5 Å². The molecule has 5 heterocycles. The quantitative estimate of drug-likeness (QED) is 0.151. The van der Waals surface area contributed by atoms with Crippen LogP contribution in [0.3, 0.4) is 0 Å². The Morgan fingerprint density at radius 1 is 0.279 bits per heavy atom. The summed E-state index contributed by atoms with van der Waals surface area (Å²) < 4.78 is 2.11. The van der Waals surface area contributed by atoms with Crippen molar-refractivity contribution >= 4 is 21.8 Å². The van der Waals surface area contributed by atoms with Crippen LogP contribution in [0.2, 0.25) is 0 Å². The summed E-state index contributed by atoms with van der Waals surface area (Å²) in [5.74, 6) is 1.34. The van der Waals surface area contributed by atoms with Crippen LogP contribution in [0.15, 0.2) is 206 Å². The highest BCUT2D eigenvalue weighted by Crippen LogP contribution is 2.36. The summed E-state index contributed by atoms with van der Waals surface area (Å²) in [6.07, 6.45) is 1.82. The Bertz CT molecular complexity index is 3080. The van der Waals surface area contributed by atoms with Crippen molar-refractivity contribution in [2.45, 2.75) is 0 Å². The average Bonchev–Trinajstić information content (AvgIpc) is 3.68. The molecule has 5 aromatic heterocycles. The summed E-state index contributed by atoms with van der Waals surface area (Å²) in [6.45, 7) is 0. The van der Waals surface area contributed by atoms with E-state index in [1.165, 1.54) is 0 Å². The van der Waals surface area contributed by atoms with Crippen LogP contribution < -0.4 is 0 Å². The van der Waals surface area contributed by atoms with Crippen molar-refractivity contribution in [1.29, 1.82) is 0 Å². The van der Waals surface area contributed by atoms with E-state index >= 15 is 0 Å². The predicted molar refractivity (Wildman–Crippen MR) is 243 cm³/mol. The van der Waals surface area contributed by atoms with E-state index in [-0.39, 0.29) is 0 Å². The van der Waals surface area contributed by atoms with E-state index < -0.39 is 0 Å². The molecule has 0 unspecified atom stereocenters. The molecule has 0 saturated carbocycles. The molecule has 0 bridgehead atoms. The Morgan fingerprint density at radius 2 is 0.705 bits per heavy atom. The third-order valence-electron chi connectivity index (χ3n) is 10.7. The molecule has 0 atom stereocenters. The highest BCUT2D eigenvalue weighted by atomic mass is 15.2. The summed E-state index contributed by atoms with van der Waals surface area (Å²) >= 11 is 0. The van der Waals surface area contributed by atoms with E-state index in [9.17, 15) is 0 Å². The van der Waals surface area contributed by atoms with Crippen LogP contribution in [0.1, 0.15) is 0 Å². The Morgan fingerprint density at radius 3 is 1.18 bits per heavy atom. The van der Waals surface area contributed by atoms with Gasteiger partial charge in [-0.05, 0) is 48.5 Å². The smallest absolute Gasteiger partial charge is 0.236 e. The lowest BCUT2D eigenvalue weighted by atomic mass is 10.1. The van der Waals surface area contributed by atoms with Gasteiger partial charge in [0.1, 0.15) is 11.4 Å². The molecule has 286 valence electrons. The average molecular weight is 783 g/mol. The van der Waals surface area contributed by atoms with Crippen molar-refractivity contribution in [1.82, 2.24) is 39.5 Å². The highest BCUT2D eigenvalue weighted by molar-refractivity contribution is 6.10. The number of pyridine rings is 1. The van der Waals surface area contributed by atoms with Crippen LogP contribution in [-0.2, 0) is 0 Å². The van der Waals surface area contributed by atoms with Gasteiger partial charge < -0.3 is 0 Å². The fourth-order valence-electron chi connectivity index (χ4n) is 7.80. The fraction of sp³-hybridized carbons (Fsp3) is 0. The van der Waals surface area contributed by atoms with Gasteiger partial charge in [-0.3, -0.25) is 9.55 Å². The summed E-state index contributed by atoms with van der Waals surface area (Å²) in [5, 5.41) is 2.12. The molecule has 0 aliphatic carbocycles. The van der Waals surface area contributed by atoms with E-state index in [4.69, 9.17) is 29.9 Å². The number of hydrogen-bond acceptors (Lipinski definition) is 7. The summed E-state index contributed by atoms with van der Waals surface area (Å²) in [4.78, 5) is 36.1. The maximum atomic E-state index is 5.34. The van der Waals surface area contributed by atoms with Gasteiger partial charge in [-0.15, -0.1) is 0 Å². The number of aromatic nitrogens is 8. The van der Waals surface area contributed by atoms with Gasteiger partial charge in [-0.2, -0.15) is 0 Å². The lowest BCUT2D eigenvalue weighted by Gasteiger charge is -2.13. The minimum absolute atomic E-state index is 0.439. The van der Waals surface area contributed by atoms with Gasteiger partial charge in [-0.25, -0.2) is 29.9 Å². The highest BCUT2D eigenvalue weighted by Gasteiger charge is 2.21. The molecule has 0 spiro atoms. The molecule has 0 aliphatic heterocycles. The molecule has 0 fully saturated rings. The number of benzene rings is 6. The van der Waals surface area contributed by atoms with Gasteiger partial charge in [0.2, 0.25) is 5.95 Å². The first kappa shape index (κ1) is 35.7. The first-order valence-electron chi connectivity index (χ1n) is 20.1. The SMILES string of the molecule is c1ccc(-c2cc(-c3ccccc3)nc(-c3cc(-c4nc(-c5ccccc5)cc(-c5ccccc5)n4)nc(-n4c5ccccc5c5cc(-c6ccccn6)ccc54)n3)n2)cc1. The van der Waals surface area contributed by atoms with Crippen LogP contribution in [0, 0.1) is 0 Å². The van der Waals surface area contributed by atoms with Crippen LogP contribution >= 0.6 is 0 Å². The molecule has 8 nitrogen and oxygen atoms in total. The lowest BCUT2D eigenvalue weighted by molar-refractivity contribution is 0.976. The van der Waals surface area contributed by atoms with Gasteiger partial charge in [0, 0.05) is 44.8 Å². The van der Waals surface area contributed by atoms with E-state index in [0.29, 0.717) is 29.0 Å². The van der Waals surface area contributed by atoms with Crippen LogP contribution in [0.25, 0.3) is 107 Å². The Hall–Kier alpha value is -8.49. The Labute approximate surface area is 351 Å². The number of fused-ring (bicyclic) bond motifs is 3. The molecule has 0 saturated heterocycles. The molecule has 0 radical (unpaired) electrons. The minimum Gasteiger partial charge on any atom is -0.278 e. The number of nitrogens with zero attached hydrogens (tertiary/aromatic N) is 8. The maximum Gasteiger partial charge on any atom is 0.236 e. The molecule has 0 aliphatic rings. The normalized spacial score (nSPS) is 11.3. The Kier molecular flexibility index (Phi) is 8.98. The maximum absolute atomic E-state index is 5.34. The van der Waals surface area contributed by atoms with Crippen molar-refractivity contribution in [2.75, 3.05) is 0 Å². The summed E-state index contributed by atoms with van der Waals surface area (Å²) in [7, 11) is 0. The zero-order valence-corrected chi connectivity index (χ0v) is 32.7. The first-order chi connectivity index (χ1) is 30.2. The largest absolute Gasteiger partial charge is 0.278 e. The fourth-order valence-corrected chi connectivity index (χ4v) is 7.80. The van der Waals surface area contributed by atoms with Crippen LogP contribution in [0.5, 0.6) is 0 Å². The monoisotopic (exact) mass is 782 g/mol. The molecular weight excluding hydrogens is 749 g/mol. The molecular formula is C53H34N8.